The lowest BCUT2D eigenvalue weighted by Crippen LogP contribution is -2.43. The second-order valence-corrected chi connectivity index (χ2v) is 3.08. The number of benzene rings is 1. The number of para-hydroxylation sites is 1. The van der Waals surface area contributed by atoms with Crippen molar-refractivity contribution < 1.29 is 18.0 Å². The van der Waals surface area contributed by atoms with E-state index in [0.717, 1.165) is 0 Å². The molecule has 1 aromatic rings. The molecule has 3 nitrogen and oxygen atoms in total. The monoisotopic (exact) mass is 232 g/mol. The van der Waals surface area contributed by atoms with Gasteiger partial charge in [-0.3, -0.25) is 4.79 Å². The van der Waals surface area contributed by atoms with Crippen molar-refractivity contribution in [1.29, 1.82) is 0 Å². The molecule has 16 heavy (non-hydrogen) atoms. The lowest BCUT2D eigenvalue weighted by atomic mass is 10.2. The van der Waals surface area contributed by atoms with Crippen LogP contribution >= 0.6 is 0 Å². The van der Waals surface area contributed by atoms with Gasteiger partial charge in [-0.15, -0.1) is 0 Å². The molecule has 0 radical (unpaired) electrons. The van der Waals surface area contributed by atoms with Crippen molar-refractivity contribution in [2.24, 2.45) is 5.73 Å². The zero-order chi connectivity index (χ0) is 12.2. The Balaban J connectivity index is 2.97. The molecule has 0 aromatic heterocycles. The van der Waals surface area contributed by atoms with Gasteiger partial charge in [0.15, 0.2) is 0 Å². The first-order valence-electron chi connectivity index (χ1n) is 4.60. The molecule has 0 atom stereocenters. The first kappa shape index (κ1) is 12.5. The van der Waals surface area contributed by atoms with Gasteiger partial charge < -0.3 is 10.6 Å². The highest BCUT2D eigenvalue weighted by Gasteiger charge is 2.42. The molecule has 1 amide bonds. The SMILES string of the molecule is NCCN(C(=O)C(F)(F)F)c1ccccc1. The summed E-state index contributed by atoms with van der Waals surface area (Å²) in [5.41, 5.74) is 5.38. The molecule has 0 aliphatic carbocycles. The van der Waals surface area contributed by atoms with Crippen molar-refractivity contribution in [1.82, 2.24) is 0 Å². The summed E-state index contributed by atoms with van der Waals surface area (Å²) >= 11 is 0. The number of hydrogen-bond acceptors (Lipinski definition) is 2. The third-order valence-corrected chi connectivity index (χ3v) is 1.91. The third-order valence-electron chi connectivity index (χ3n) is 1.91. The molecule has 2 N–H and O–H groups in total. The van der Waals surface area contributed by atoms with Gasteiger partial charge in [0.05, 0.1) is 0 Å². The number of nitrogens with two attached hydrogens (primary N) is 1. The normalized spacial score (nSPS) is 11.2. The van der Waals surface area contributed by atoms with Gasteiger partial charge in [0, 0.05) is 18.8 Å². The molecular formula is C10H11F3N2O. The molecule has 1 rings (SSSR count). The van der Waals surface area contributed by atoms with Crippen LogP contribution in [-0.4, -0.2) is 25.2 Å². The molecule has 0 bridgehead atoms. The molecule has 0 heterocycles. The molecule has 0 saturated carbocycles. The van der Waals surface area contributed by atoms with Crippen molar-refractivity contribution in [2.75, 3.05) is 18.0 Å². The van der Waals surface area contributed by atoms with E-state index in [2.05, 4.69) is 0 Å². The lowest BCUT2D eigenvalue weighted by Gasteiger charge is -2.23. The number of hydrogen-bond donors (Lipinski definition) is 1. The fourth-order valence-corrected chi connectivity index (χ4v) is 1.24. The van der Waals surface area contributed by atoms with Gasteiger partial charge in [0.2, 0.25) is 0 Å². The van der Waals surface area contributed by atoms with E-state index in [9.17, 15) is 18.0 Å². The topological polar surface area (TPSA) is 46.3 Å². The number of nitrogens with zero attached hydrogens (tertiary/aromatic N) is 1. The standard InChI is InChI=1S/C10H11F3N2O/c11-10(12,13)9(16)15(7-6-14)8-4-2-1-3-5-8/h1-5H,6-7,14H2. The van der Waals surface area contributed by atoms with Gasteiger partial charge in [0.25, 0.3) is 0 Å². The Kier molecular flexibility index (Phi) is 3.89. The van der Waals surface area contributed by atoms with Gasteiger partial charge >= 0.3 is 12.1 Å². The van der Waals surface area contributed by atoms with Crippen LogP contribution in [0.3, 0.4) is 0 Å². The predicted molar refractivity (Wildman–Crippen MR) is 53.9 cm³/mol. The van der Waals surface area contributed by atoms with Crippen molar-refractivity contribution in [3.63, 3.8) is 0 Å². The Hall–Kier alpha value is -1.56. The number of carbonyl (C=O) groups is 1. The second-order valence-electron chi connectivity index (χ2n) is 3.08. The van der Waals surface area contributed by atoms with E-state index in [0.29, 0.717) is 4.90 Å². The molecule has 1 aromatic carbocycles. The summed E-state index contributed by atoms with van der Waals surface area (Å²) in [5.74, 6) is -1.90. The summed E-state index contributed by atoms with van der Waals surface area (Å²) in [4.78, 5) is 11.7. The van der Waals surface area contributed by atoms with Crippen molar-refractivity contribution in [2.45, 2.75) is 6.18 Å². The largest absolute Gasteiger partial charge is 0.471 e. The molecule has 6 heteroatoms. The highest BCUT2D eigenvalue weighted by Crippen LogP contribution is 2.22. The summed E-state index contributed by atoms with van der Waals surface area (Å²) in [7, 11) is 0. The Morgan fingerprint density at radius 1 is 1.25 bits per heavy atom. The maximum Gasteiger partial charge on any atom is 0.471 e. The number of rotatable bonds is 3. The van der Waals surface area contributed by atoms with Crippen LogP contribution in [-0.2, 0) is 4.79 Å². The molecular weight excluding hydrogens is 221 g/mol. The third kappa shape index (κ3) is 2.96. The van der Waals surface area contributed by atoms with Crippen LogP contribution < -0.4 is 10.6 Å². The summed E-state index contributed by atoms with van der Waals surface area (Å²) in [6.45, 7) is -0.195. The Morgan fingerprint density at radius 3 is 2.25 bits per heavy atom. The smallest absolute Gasteiger partial charge is 0.329 e. The van der Waals surface area contributed by atoms with E-state index in [-0.39, 0.29) is 18.8 Å². The number of alkyl halides is 3. The van der Waals surface area contributed by atoms with Gasteiger partial charge in [-0.2, -0.15) is 13.2 Å². The lowest BCUT2D eigenvalue weighted by molar-refractivity contribution is -0.170. The van der Waals surface area contributed by atoms with E-state index in [1.165, 1.54) is 12.1 Å². The summed E-state index contributed by atoms with van der Waals surface area (Å²) in [6, 6.07) is 7.63. The fourth-order valence-electron chi connectivity index (χ4n) is 1.24. The number of anilines is 1. The maximum atomic E-state index is 12.3. The minimum atomic E-state index is -4.88. The second kappa shape index (κ2) is 4.98. The van der Waals surface area contributed by atoms with E-state index >= 15 is 0 Å². The van der Waals surface area contributed by atoms with Crippen LogP contribution in [0, 0.1) is 0 Å². The van der Waals surface area contributed by atoms with Crippen molar-refractivity contribution in [3.05, 3.63) is 30.3 Å². The highest BCUT2D eigenvalue weighted by molar-refractivity contribution is 5.97. The minimum absolute atomic E-state index is 0.0310. The highest BCUT2D eigenvalue weighted by atomic mass is 19.4. The van der Waals surface area contributed by atoms with Crippen molar-refractivity contribution in [3.8, 4) is 0 Å². The molecule has 0 aliphatic heterocycles. The van der Waals surface area contributed by atoms with E-state index < -0.39 is 12.1 Å². The Bertz CT molecular complexity index is 351. The van der Waals surface area contributed by atoms with Gasteiger partial charge in [-0.05, 0) is 12.1 Å². The molecule has 0 unspecified atom stereocenters. The number of halogens is 3. The first-order chi connectivity index (χ1) is 7.46. The number of carbonyl (C=O) groups excluding carboxylic acids is 1. The molecule has 0 spiro atoms. The molecule has 0 saturated heterocycles. The van der Waals surface area contributed by atoms with Crippen LogP contribution in [0.25, 0.3) is 0 Å². The quantitative estimate of drug-likeness (QED) is 0.859. The fraction of sp³-hybridized carbons (Fsp3) is 0.300. The van der Waals surface area contributed by atoms with Crippen molar-refractivity contribution >= 4 is 11.6 Å². The van der Waals surface area contributed by atoms with Gasteiger partial charge in [0.1, 0.15) is 0 Å². The molecule has 0 aliphatic rings. The molecule has 88 valence electrons. The zero-order valence-corrected chi connectivity index (χ0v) is 8.37. The van der Waals surface area contributed by atoms with Gasteiger partial charge in [-0.25, -0.2) is 0 Å². The van der Waals surface area contributed by atoms with E-state index in [1.807, 2.05) is 0 Å². The van der Waals surface area contributed by atoms with E-state index in [4.69, 9.17) is 5.73 Å². The van der Waals surface area contributed by atoms with E-state index in [1.54, 1.807) is 18.2 Å². The van der Waals surface area contributed by atoms with Gasteiger partial charge in [-0.1, -0.05) is 18.2 Å². The number of amides is 1. The summed E-state index contributed by atoms with van der Waals surface area (Å²) in [5, 5.41) is 0. The predicted octanol–water partition coefficient (Wildman–Crippen LogP) is 1.54. The maximum absolute atomic E-state index is 12.3. The summed E-state index contributed by atoms with van der Waals surface area (Å²) < 4.78 is 36.8. The van der Waals surface area contributed by atoms with Crippen LogP contribution in [0.5, 0.6) is 0 Å². The summed E-state index contributed by atoms with van der Waals surface area (Å²) in [6.07, 6.45) is -4.88. The Labute approximate surface area is 90.6 Å². The molecule has 0 fully saturated rings. The van der Waals surface area contributed by atoms with Crippen LogP contribution in [0.2, 0.25) is 0 Å². The minimum Gasteiger partial charge on any atom is -0.329 e. The average Bonchev–Trinajstić information content (AvgIpc) is 2.25. The Morgan fingerprint density at radius 2 is 1.81 bits per heavy atom. The average molecular weight is 232 g/mol. The van der Waals surface area contributed by atoms with Crippen LogP contribution in [0.4, 0.5) is 18.9 Å². The van der Waals surface area contributed by atoms with Crippen LogP contribution in [0.1, 0.15) is 0 Å². The van der Waals surface area contributed by atoms with Crippen LogP contribution in [0.15, 0.2) is 30.3 Å². The first-order valence-corrected chi connectivity index (χ1v) is 4.60. The zero-order valence-electron chi connectivity index (χ0n) is 8.37.